The molecule has 1 aliphatic carbocycles. The van der Waals surface area contributed by atoms with Crippen LogP contribution in [0.15, 0.2) is 60.7 Å². The monoisotopic (exact) mass is 577 g/mol. The number of para-hydroxylation sites is 1. The Morgan fingerprint density at radius 1 is 1.05 bits per heavy atom. The molecule has 2 atom stereocenters. The van der Waals surface area contributed by atoms with E-state index in [1.807, 2.05) is 48.7 Å². The van der Waals surface area contributed by atoms with E-state index in [2.05, 4.69) is 10.6 Å². The van der Waals surface area contributed by atoms with Crippen LogP contribution < -0.4 is 10.6 Å². The minimum atomic E-state index is -1.11. The smallest absolute Gasteiger partial charge is 0.408 e. The van der Waals surface area contributed by atoms with Crippen molar-refractivity contribution in [2.75, 3.05) is 17.3 Å². The Labute approximate surface area is 245 Å². The van der Waals surface area contributed by atoms with Gasteiger partial charge in [0.15, 0.2) is 0 Å². The van der Waals surface area contributed by atoms with Crippen LogP contribution in [0.25, 0.3) is 10.8 Å². The number of carbonyl (C=O) groups excluding carboxylic acids is 3. The molecule has 0 heterocycles. The maximum absolute atomic E-state index is 14.3. The molecule has 1 fully saturated rings. The van der Waals surface area contributed by atoms with Gasteiger partial charge in [-0.25, -0.2) is 4.79 Å². The number of amides is 3. The van der Waals surface area contributed by atoms with Gasteiger partial charge in [0.1, 0.15) is 23.4 Å². The van der Waals surface area contributed by atoms with Crippen LogP contribution in [0.3, 0.4) is 0 Å². The summed E-state index contributed by atoms with van der Waals surface area (Å²) in [5, 5.41) is 18.8. The minimum Gasteiger partial charge on any atom is -0.507 e. The average molecular weight is 578 g/mol. The number of hydrogen-bond acceptors (Lipinski definition) is 6. The van der Waals surface area contributed by atoms with Crippen LogP contribution in [0.4, 0.5) is 10.5 Å². The summed E-state index contributed by atoms with van der Waals surface area (Å²) in [5.41, 5.74) is 0.785. The van der Waals surface area contributed by atoms with Crippen LogP contribution in [0.5, 0.6) is 5.75 Å². The van der Waals surface area contributed by atoms with Crippen LogP contribution in [-0.2, 0) is 14.3 Å². The van der Waals surface area contributed by atoms with E-state index >= 15 is 0 Å². The summed E-state index contributed by atoms with van der Waals surface area (Å²) in [6, 6.07) is 16.5. The average Bonchev–Trinajstić information content (AvgIpc) is 3.75. The lowest BCUT2D eigenvalue weighted by atomic mass is 9.98. The fraction of sp³-hybridized carbons (Fsp3) is 0.406. The predicted molar refractivity (Wildman–Crippen MR) is 164 cm³/mol. The summed E-state index contributed by atoms with van der Waals surface area (Å²) in [5.74, 6) is -0.242. The first-order chi connectivity index (χ1) is 19.5. The van der Waals surface area contributed by atoms with Gasteiger partial charge in [0.05, 0.1) is 0 Å². The van der Waals surface area contributed by atoms with Crippen LogP contribution in [-0.4, -0.2) is 57.6 Å². The number of phenols is 1. The van der Waals surface area contributed by atoms with Gasteiger partial charge in [0, 0.05) is 17.3 Å². The number of aryl methyl sites for hydroxylation is 1. The molecule has 3 amide bonds. The van der Waals surface area contributed by atoms with E-state index in [1.54, 1.807) is 62.6 Å². The number of phenolic OH excluding ortho intramolecular Hbond substituents is 1. The number of nitrogens with zero attached hydrogens (tertiary/aromatic N) is 1. The highest BCUT2D eigenvalue weighted by molar-refractivity contribution is 7.98. The van der Waals surface area contributed by atoms with E-state index in [4.69, 9.17) is 4.74 Å². The second-order valence-corrected chi connectivity index (χ2v) is 12.4. The van der Waals surface area contributed by atoms with Crippen LogP contribution in [0.1, 0.15) is 57.2 Å². The zero-order valence-electron chi connectivity index (χ0n) is 24.3. The van der Waals surface area contributed by atoms with Crippen molar-refractivity contribution in [3.63, 3.8) is 0 Å². The van der Waals surface area contributed by atoms with Gasteiger partial charge in [-0.15, -0.1) is 0 Å². The quantitative estimate of drug-likeness (QED) is 0.266. The molecule has 0 spiro atoms. The second kappa shape index (κ2) is 12.9. The van der Waals surface area contributed by atoms with Gasteiger partial charge in [-0.1, -0.05) is 48.5 Å². The van der Waals surface area contributed by atoms with E-state index in [9.17, 15) is 19.5 Å². The van der Waals surface area contributed by atoms with Crippen molar-refractivity contribution in [2.24, 2.45) is 0 Å². The maximum Gasteiger partial charge on any atom is 0.408 e. The molecule has 41 heavy (non-hydrogen) atoms. The summed E-state index contributed by atoms with van der Waals surface area (Å²) in [4.78, 5) is 42.6. The van der Waals surface area contributed by atoms with E-state index in [-0.39, 0.29) is 17.7 Å². The number of alkyl carbamates (subject to hydrolysis) is 1. The zero-order valence-corrected chi connectivity index (χ0v) is 25.1. The summed E-state index contributed by atoms with van der Waals surface area (Å²) >= 11 is 1.56. The molecule has 0 aromatic heterocycles. The van der Waals surface area contributed by atoms with Crippen molar-refractivity contribution >= 4 is 46.1 Å². The topological polar surface area (TPSA) is 108 Å². The molecule has 4 rings (SSSR count). The Morgan fingerprint density at radius 2 is 1.76 bits per heavy atom. The highest BCUT2D eigenvalue weighted by Gasteiger charge is 2.45. The van der Waals surface area contributed by atoms with Crippen LogP contribution >= 0.6 is 11.8 Å². The van der Waals surface area contributed by atoms with E-state index in [0.29, 0.717) is 29.0 Å². The van der Waals surface area contributed by atoms with Gasteiger partial charge in [0.2, 0.25) is 5.91 Å². The minimum absolute atomic E-state index is 0.0367. The zero-order chi connectivity index (χ0) is 29.7. The summed E-state index contributed by atoms with van der Waals surface area (Å²) < 4.78 is 5.45. The third-order valence-electron chi connectivity index (χ3n) is 6.90. The fourth-order valence-electron chi connectivity index (χ4n) is 4.79. The molecule has 2 unspecified atom stereocenters. The number of rotatable bonds is 10. The number of hydrogen-bond donors (Lipinski definition) is 3. The molecule has 0 aliphatic heterocycles. The van der Waals surface area contributed by atoms with E-state index in [0.717, 1.165) is 23.6 Å². The highest BCUT2D eigenvalue weighted by Crippen LogP contribution is 2.40. The van der Waals surface area contributed by atoms with Crippen molar-refractivity contribution < 1.29 is 24.2 Å². The van der Waals surface area contributed by atoms with Gasteiger partial charge < -0.3 is 25.4 Å². The molecule has 1 saturated carbocycles. The molecule has 3 N–H and O–H groups in total. The third kappa shape index (κ3) is 7.73. The number of fused-ring (bicyclic) bond motifs is 1. The Balaban J connectivity index is 1.71. The Bertz CT molecular complexity index is 1420. The van der Waals surface area contributed by atoms with Gasteiger partial charge in [0.25, 0.3) is 5.91 Å². The fourth-order valence-corrected chi connectivity index (χ4v) is 5.26. The number of aromatic hydroxyl groups is 1. The lowest BCUT2D eigenvalue weighted by Crippen LogP contribution is -2.53. The molecular weight excluding hydrogens is 538 g/mol. The first kappa shape index (κ1) is 30.2. The molecule has 3 aromatic carbocycles. The van der Waals surface area contributed by atoms with Gasteiger partial charge >= 0.3 is 6.09 Å². The van der Waals surface area contributed by atoms with Crippen molar-refractivity contribution in [3.8, 4) is 5.75 Å². The molecule has 218 valence electrons. The van der Waals surface area contributed by atoms with E-state index in [1.165, 1.54) is 0 Å². The Hall–Kier alpha value is -3.72. The lowest BCUT2D eigenvalue weighted by Gasteiger charge is -2.35. The third-order valence-corrected chi connectivity index (χ3v) is 7.55. The number of ether oxygens (including phenoxy) is 1. The number of carbonyl (C=O) groups is 3. The number of anilines is 1. The van der Waals surface area contributed by atoms with Gasteiger partial charge in [-0.2, -0.15) is 11.8 Å². The summed E-state index contributed by atoms with van der Waals surface area (Å²) in [6.45, 7) is 7.03. The molecule has 1 aliphatic rings. The van der Waals surface area contributed by atoms with Crippen molar-refractivity contribution in [2.45, 2.75) is 70.7 Å². The first-order valence-corrected chi connectivity index (χ1v) is 15.3. The first-order valence-electron chi connectivity index (χ1n) is 13.9. The van der Waals surface area contributed by atoms with Crippen molar-refractivity contribution in [3.05, 3.63) is 71.8 Å². The van der Waals surface area contributed by atoms with Crippen LogP contribution in [0, 0.1) is 6.92 Å². The normalized spacial score (nSPS) is 14.7. The lowest BCUT2D eigenvalue weighted by molar-refractivity contribution is -0.141. The standard InChI is InChI=1S/C32H39N3O5S/c1-20-9-8-12-25(28(20)36)27(29(37)33-23-14-13-21-10-6-7-11-22(21)19-23)35(24-15-16-24)30(38)26(17-18-41-5)34-31(39)40-32(2,3)4/h6-14,19,24,26-27,36H,15-18H2,1-5H3,(H,33,37)(H,34,39). The van der Waals surface area contributed by atoms with Gasteiger partial charge in [-0.05, 0) is 87.4 Å². The molecule has 9 heteroatoms. The Kier molecular flexibility index (Phi) is 9.48. The number of thioether (sulfide) groups is 1. The van der Waals surface area contributed by atoms with E-state index < -0.39 is 29.7 Å². The van der Waals surface area contributed by atoms with Gasteiger partial charge in [-0.3, -0.25) is 9.59 Å². The molecule has 0 radical (unpaired) electrons. The van der Waals surface area contributed by atoms with Crippen molar-refractivity contribution in [1.82, 2.24) is 10.2 Å². The van der Waals surface area contributed by atoms with Crippen molar-refractivity contribution in [1.29, 1.82) is 0 Å². The molecule has 8 nitrogen and oxygen atoms in total. The number of nitrogens with one attached hydrogen (secondary N) is 2. The largest absolute Gasteiger partial charge is 0.507 e. The maximum atomic E-state index is 14.3. The Morgan fingerprint density at radius 3 is 2.41 bits per heavy atom. The second-order valence-electron chi connectivity index (χ2n) is 11.4. The summed E-state index contributed by atoms with van der Waals surface area (Å²) in [6.07, 6.45) is 3.04. The number of benzene rings is 3. The molecule has 0 saturated heterocycles. The summed E-state index contributed by atoms with van der Waals surface area (Å²) in [7, 11) is 0. The predicted octanol–water partition coefficient (Wildman–Crippen LogP) is 6.17. The van der Waals surface area contributed by atoms with Crippen LogP contribution in [0.2, 0.25) is 0 Å². The SMILES string of the molecule is CSCCC(NC(=O)OC(C)(C)C)C(=O)N(C1CC1)C(C(=O)Nc1ccc2ccccc2c1)c1cccc(C)c1O. The molecular formula is C32H39N3O5S. The molecule has 3 aromatic rings. The molecule has 0 bridgehead atoms. The highest BCUT2D eigenvalue weighted by atomic mass is 32.2.